The second-order valence-electron chi connectivity index (χ2n) is 5.15. The van der Waals surface area contributed by atoms with E-state index < -0.39 is 5.97 Å². The lowest BCUT2D eigenvalue weighted by molar-refractivity contribution is 0.0467. The first kappa shape index (κ1) is 15.7. The van der Waals surface area contributed by atoms with Crippen molar-refractivity contribution in [2.45, 2.75) is 20.0 Å². The van der Waals surface area contributed by atoms with Crippen LogP contribution >= 0.6 is 0 Å². The Labute approximate surface area is 137 Å². The number of aryl methyl sites for hydroxylation is 1. The van der Waals surface area contributed by atoms with Gasteiger partial charge >= 0.3 is 5.97 Å². The van der Waals surface area contributed by atoms with Gasteiger partial charge in [0.15, 0.2) is 0 Å². The maximum absolute atomic E-state index is 12.1. The van der Waals surface area contributed by atoms with E-state index in [0.29, 0.717) is 17.8 Å². The summed E-state index contributed by atoms with van der Waals surface area (Å²) in [5, 5.41) is 8.40. The fraction of sp³-hybridized carbons (Fsp3) is 0.176. The van der Waals surface area contributed by atoms with Gasteiger partial charge in [0.2, 0.25) is 5.56 Å². The lowest BCUT2D eigenvalue weighted by Crippen LogP contribution is -2.14. The number of rotatable bonds is 5. The zero-order valence-corrected chi connectivity index (χ0v) is 13.1. The molecular formula is C17H16N4O3. The largest absolute Gasteiger partial charge is 0.455 e. The number of esters is 1. The summed E-state index contributed by atoms with van der Waals surface area (Å²) in [5.41, 5.74) is 1.93. The molecule has 0 amide bonds. The molecule has 3 rings (SSSR count). The summed E-state index contributed by atoms with van der Waals surface area (Å²) in [6, 6.07) is 12.3. The monoisotopic (exact) mass is 324 g/mol. The van der Waals surface area contributed by atoms with Gasteiger partial charge in [-0.25, -0.2) is 4.79 Å². The van der Waals surface area contributed by atoms with E-state index in [2.05, 4.69) is 15.2 Å². The van der Waals surface area contributed by atoms with Crippen LogP contribution in [0.3, 0.4) is 0 Å². The number of hydrogen-bond donors (Lipinski definition) is 1. The standard InChI is InChI=1S/C17H16N4O3/c1-2-13-8-12(9-16(22)19-13)17(23)24-11-14-10-18-21(20-14)15-6-4-3-5-7-15/h3-10H,2,11H2,1H3,(H,19,22). The number of para-hydroxylation sites is 1. The molecule has 0 radical (unpaired) electrons. The van der Waals surface area contributed by atoms with Crippen molar-refractivity contribution >= 4 is 5.97 Å². The van der Waals surface area contributed by atoms with Crippen LogP contribution in [0.4, 0.5) is 0 Å². The molecule has 7 heteroatoms. The number of carbonyl (C=O) groups is 1. The first-order valence-corrected chi connectivity index (χ1v) is 7.52. The molecule has 0 aliphatic carbocycles. The molecule has 0 bridgehead atoms. The van der Waals surface area contributed by atoms with Crippen molar-refractivity contribution in [1.82, 2.24) is 20.0 Å². The predicted octanol–water partition coefficient (Wildman–Crippen LogP) is 1.87. The molecule has 24 heavy (non-hydrogen) atoms. The minimum atomic E-state index is -0.565. The highest BCUT2D eigenvalue weighted by atomic mass is 16.5. The van der Waals surface area contributed by atoms with Gasteiger partial charge in [-0.1, -0.05) is 25.1 Å². The predicted molar refractivity (Wildman–Crippen MR) is 86.9 cm³/mol. The van der Waals surface area contributed by atoms with Gasteiger partial charge in [-0.2, -0.15) is 9.90 Å². The quantitative estimate of drug-likeness (QED) is 0.724. The van der Waals surface area contributed by atoms with Gasteiger partial charge in [0.1, 0.15) is 12.3 Å². The molecule has 0 aliphatic rings. The van der Waals surface area contributed by atoms with Crippen molar-refractivity contribution in [3.8, 4) is 5.69 Å². The lowest BCUT2D eigenvalue weighted by Gasteiger charge is -2.04. The molecule has 0 aliphatic heterocycles. The lowest BCUT2D eigenvalue weighted by atomic mass is 10.2. The molecule has 0 atom stereocenters. The molecule has 0 fully saturated rings. The molecule has 2 aromatic heterocycles. The summed E-state index contributed by atoms with van der Waals surface area (Å²) in [7, 11) is 0. The van der Waals surface area contributed by atoms with Gasteiger partial charge in [-0.15, -0.1) is 5.10 Å². The Balaban J connectivity index is 1.68. The summed E-state index contributed by atoms with van der Waals surface area (Å²) >= 11 is 0. The fourth-order valence-electron chi connectivity index (χ4n) is 2.18. The first-order valence-electron chi connectivity index (χ1n) is 7.52. The highest BCUT2D eigenvalue weighted by molar-refractivity contribution is 5.89. The molecule has 1 aromatic carbocycles. The Bertz CT molecular complexity index is 899. The van der Waals surface area contributed by atoms with Crippen LogP contribution in [0.15, 0.2) is 53.5 Å². The highest BCUT2D eigenvalue weighted by Crippen LogP contribution is 2.07. The normalized spacial score (nSPS) is 10.5. The molecule has 122 valence electrons. The number of H-pyrrole nitrogens is 1. The third-order valence-electron chi connectivity index (χ3n) is 3.39. The molecule has 0 unspecified atom stereocenters. The Morgan fingerprint density at radius 1 is 1.25 bits per heavy atom. The molecule has 0 saturated carbocycles. The molecule has 0 spiro atoms. The summed E-state index contributed by atoms with van der Waals surface area (Å²) in [5.74, 6) is -0.565. The second-order valence-corrected chi connectivity index (χ2v) is 5.15. The summed E-state index contributed by atoms with van der Waals surface area (Å²) < 4.78 is 5.21. The van der Waals surface area contributed by atoms with Crippen LogP contribution in [0.2, 0.25) is 0 Å². The summed E-state index contributed by atoms with van der Waals surface area (Å²) in [4.78, 5) is 27.7. The third kappa shape index (κ3) is 3.57. The Hall–Kier alpha value is -3.22. The van der Waals surface area contributed by atoms with Crippen molar-refractivity contribution in [1.29, 1.82) is 0 Å². The molecule has 1 N–H and O–H groups in total. The van der Waals surface area contributed by atoms with Gasteiger partial charge in [-0.05, 0) is 24.6 Å². The van der Waals surface area contributed by atoms with Crippen LogP contribution in [0.25, 0.3) is 5.69 Å². The van der Waals surface area contributed by atoms with Crippen molar-refractivity contribution in [3.05, 3.63) is 76.0 Å². The van der Waals surface area contributed by atoms with Crippen molar-refractivity contribution in [3.63, 3.8) is 0 Å². The number of hydrogen-bond acceptors (Lipinski definition) is 5. The van der Waals surface area contributed by atoms with Gasteiger partial charge in [0, 0.05) is 11.8 Å². The van der Waals surface area contributed by atoms with E-state index in [1.54, 1.807) is 6.07 Å². The number of nitrogens with zero attached hydrogens (tertiary/aromatic N) is 3. The van der Waals surface area contributed by atoms with Gasteiger partial charge < -0.3 is 9.72 Å². The Morgan fingerprint density at radius 3 is 2.79 bits per heavy atom. The van der Waals surface area contributed by atoms with E-state index in [1.807, 2.05) is 37.3 Å². The topological polar surface area (TPSA) is 89.9 Å². The maximum Gasteiger partial charge on any atom is 0.338 e. The zero-order chi connectivity index (χ0) is 16.9. The van der Waals surface area contributed by atoms with Crippen LogP contribution in [0.5, 0.6) is 0 Å². The average Bonchev–Trinajstić information content (AvgIpc) is 3.09. The average molecular weight is 324 g/mol. The van der Waals surface area contributed by atoms with Crippen LogP contribution in [0, 0.1) is 0 Å². The van der Waals surface area contributed by atoms with Crippen LogP contribution in [-0.2, 0) is 17.8 Å². The number of aromatic amines is 1. The van der Waals surface area contributed by atoms with E-state index in [9.17, 15) is 9.59 Å². The zero-order valence-electron chi connectivity index (χ0n) is 13.1. The maximum atomic E-state index is 12.1. The SMILES string of the molecule is CCc1cc(C(=O)OCc2cnn(-c3ccccc3)n2)cc(=O)[nH]1. The van der Waals surface area contributed by atoms with Crippen molar-refractivity contribution in [2.75, 3.05) is 0 Å². The van der Waals surface area contributed by atoms with Crippen LogP contribution < -0.4 is 5.56 Å². The molecule has 3 aromatic rings. The number of aromatic nitrogens is 4. The smallest absolute Gasteiger partial charge is 0.338 e. The van der Waals surface area contributed by atoms with Crippen molar-refractivity contribution < 1.29 is 9.53 Å². The van der Waals surface area contributed by atoms with Crippen molar-refractivity contribution in [2.24, 2.45) is 0 Å². The highest BCUT2D eigenvalue weighted by Gasteiger charge is 2.11. The number of carbonyl (C=O) groups excluding carboxylic acids is 1. The summed E-state index contributed by atoms with van der Waals surface area (Å²) in [6.07, 6.45) is 2.16. The Kier molecular flexibility index (Phi) is 4.51. The van der Waals surface area contributed by atoms with Gasteiger partial charge in [-0.3, -0.25) is 4.79 Å². The van der Waals surface area contributed by atoms with Gasteiger partial charge in [0.25, 0.3) is 0 Å². The third-order valence-corrected chi connectivity index (χ3v) is 3.39. The van der Waals surface area contributed by atoms with E-state index in [0.717, 1.165) is 5.69 Å². The summed E-state index contributed by atoms with van der Waals surface area (Å²) in [6.45, 7) is 1.88. The van der Waals surface area contributed by atoms with E-state index in [-0.39, 0.29) is 17.7 Å². The van der Waals surface area contributed by atoms with Gasteiger partial charge in [0.05, 0.1) is 17.4 Å². The number of nitrogens with one attached hydrogen (secondary N) is 1. The number of ether oxygens (including phenoxy) is 1. The molecule has 2 heterocycles. The first-order chi connectivity index (χ1) is 11.7. The second kappa shape index (κ2) is 6.91. The minimum Gasteiger partial charge on any atom is -0.455 e. The number of benzene rings is 1. The van der Waals surface area contributed by atoms with Crippen LogP contribution in [0.1, 0.15) is 28.7 Å². The Morgan fingerprint density at radius 2 is 2.04 bits per heavy atom. The minimum absolute atomic E-state index is 0.0140. The van der Waals surface area contributed by atoms with Crippen LogP contribution in [-0.4, -0.2) is 25.9 Å². The van der Waals surface area contributed by atoms with E-state index >= 15 is 0 Å². The van der Waals surface area contributed by atoms with E-state index in [4.69, 9.17) is 4.74 Å². The molecule has 0 saturated heterocycles. The molecule has 7 nitrogen and oxygen atoms in total. The van der Waals surface area contributed by atoms with E-state index in [1.165, 1.54) is 17.1 Å². The fourth-order valence-corrected chi connectivity index (χ4v) is 2.18. The molecular weight excluding hydrogens is 308 g/mol. The number of pyridine rings is 1.